The third-order valence-electron chi connectivity index (χ3n) is 2.92. The van der Waals surface area contributed by atoms with Crippen molar-refractivity contribution in [2.75, 3.05) is 0 Å². The van der Waals surface area contributed by atoms with E-state index in [9.17, 15) is 5.11 Å². The Morgan fingerprint density at radius 3 is 1.38 bits per heavy atom. The molecule has 0 unspecified atom stereocenters. The largest absolute Gasteiger partial charge is 0.388 e. The molecule has 0 spiro atoms. The molecule has 1 heteroatoms. The molecule has 0 saturated carbocycles. The third-order valence-corrected chi connectivity index (χ3v) is 2.92. The van der Waals surface area contributed by atoms with Crippen LogP contribution in [-0.2, 0) is 0 Å². The molecule has 0 aliphatic carbocycles. The van der Waals surface area contributed by atoms with Crippen LogP contribution in [-0.4, -0.2) is 10.7 Å². The van der Waals surface area contributed by atoms with Crippen molar-refractivity contribution in [3.05, 3.63) is 12.7 Å². The van der Waals surface area contributed by atoms with E-state index in [1.54, 1.807) is 6.08 Å². The number of rotatable bonds is 2. The minimum Gasteiger partial charge on any atom is -0.388 e. The Hall–Kier alpha value is -0.300. The lowest BCUT2D eigenvalue weighted by Crippen LogP contribution is -2.52. The van der Waals surface area contributed by atoms with E-state index in [1.807, 2.05) is 0 Å². The summed E-state index contributed by atoms with van der Waals surface area (Å²) in [4.78, 5) is 0. The second kappa shape index (κ2) is 3.45. The summed E-state index contributed by atoms with van der Waals surface area (Å²) in [5, 5.41) is 10.6. The lowest BCUT2D eigenvalue weighted by molar-refractivity contribution is -0.134. The predicted octanol–water partition coefficient (Wildman–Crippen LogP) is 3.39. The maximum atomic E-state index is 10.6. The fourth-order valence-electron chi connectivity index (χ4n) is 1.95. The minimum absolute atomic E-state index is 0.126. The molecule has 0 aromatic heterocycles. The zero-order valence-corrected chi connectivity index (χ0v) is 9.94. The molecule has 0 rings (SSSR count). The van der Waals surface area contributed by atoms with Gasteiger partial charge in [-0.1, -0.05) is 47.6 Å². The van der Waals surface area contributed by atoms with E-state index in [2.05, 4.69) is 48.1 Å². The molecule has 0 aliphatic heterocycles. The third kappa shape index (κ3) is 2.34. The minimum atomic E-state index is -0.693. The molecule has 1 N–H and O–H groups in total. The van der Waals surface area contributed by atoms with Gasteiger partial charge in [-0.2, -0.15) is 0 Å². The summed E-state index contributed by atoms with van der Waals surface area (Å²) in [5.41, 5.74) is -0.944. The van der Waals surface area contributed by atoms with E-state index in [-0.39, 0.29) is 10.8 Å². The van der Waals surface area contributed by atoms with E-state index in [0.29, 0.717) is 6.42 Å². The quantitative estimate of drug-likeness (QED) is 0.652. The molecule has 0 aliphatic rings. The first-order chi connectivity index (χ1) is 5.56. The summed E-state index contributed by atoms with van der Waals surface area (Å²) >= 11 is 0. The van der Waals surface area contributed by atoms with Gasteiger partial charge in [-0.15, -0.1) is 6.58 Å². The van der Waals surface area contributed by atoms with Crippen molar-refractivity contribution in [1.29, 1.82) is 0 Å². The monoisotopic (exact) mass is 184 g/mol. The fourth-order valence-corrected chi connectivity index (χ4v) is 1.95. The van der Waals surface area contributed by atoms with Gasteiger partial charge in [-0.05, 0) is 17.3 Å². The average molecular weight is 184 g/mol. The molecule has 0 saturated heterocycles. The van der Waals surface area contributed by atoms with Crippen LogP contribution in [0.3, 0.4) is 0 Å². The van der Waals surface area contributed by atoms with Crippen molar-refractivity contribution in [3.63, 3.8) is 0 Å². The number of aliphatic hydroxyl groups is 1. The molecule has 0 bridgehead atoms. The van der Waals surface area contributed by atoms with E-state index in [1.165, 1.54) is 0 Å². The standard InChI is InChI=1S/C12H24O/c1-8-9-12(13,10(2,3)4)11(5,6)7/h8,13H,1,9H2,2-7H3. The SMILES string of the molecule is C=CCC(O)(C(C)(C)C)C(C)(C)C. The highest BCUT2D eigenvalue weighted by Crippen LogP contribution is 2.46. The van der Waals surface area contributed by atoms with Gasteiger partial charge < -0.3 is 5.11 Å². The van der Waals surface area contributed by atoms with Gasteiger partial charge in [0.15, 0.2) is 0 Å². The lowest BCUT2D eigenvalue weighted by atomic mass is 9.61. The molecule has 0 fully saturated rings. The van der Waals surface area contributed by atoms with Crippen LogP contribution < -0.4 is 0 Å². The molecule has 0 atom stereocenters. The first-order valence-corrected chi connectivity index (χ1v) is 4.89. The van der Waals surface area contributed by atoms with Crippen molar-refractivity contribution in [2.45, 2.75) is 53.6 Å². The fraction of sp³-hybridized carbons (Fsp3) is 0.833. The zero-order chi connectivity index (χ0) is 10.9. The second-order valence-corrected chi connectivity index (χ2v) is 5.85. The van der Waals surface area contributed by atoms with Crippen molar-refractivity contribution >= 4 is 0 Å². The van der Waals surface area contributed by atoms with Gasteiger partial charge in [0.05, 0.1) is 5.60 Å². The molecule has 0 aromatic carbocycles. The Labute approximate surface area is 82.9 Å². The van der Waals surface area contributed by atoms with Crippen LogP contribution in [0, 0.1) is 10.8 Å². The highest BCUT2D eigenvalue weighted by Gasteiger charge is 2.47. The number of hydrogen-bond donors (Lipinski definition) is 1. The summed E-state index contributed by atoms with van der Waals surface area (Å²) in [7, 11) is 0. The summed E-state index contributed by atoms with van der Waals surface area (Å²) in [6, 6.07) is 0. The van der Waals surface area contributed by atoms with Crippen molar-refractivity contribution in [2.24, 2.45) is 10.8 Å². The van der Waals surface area contributed by atoms with Crippen LogP contribution in [0.5, 0.6) is 0 Å². The van der Waals surface area contributed by atoms with Crippen LogP contribution in [0.4, 0.5) is 0 Å². The molecule has 0 radical (unpaired) electrons. The molecular formula is C12H24O. The Morgan fingerprint density at radius 2 is 1.31 bits per heavy atom. The maximum absolute atomic E-state index is 10.6. The summed E-state index contributed by atoms with van der Waals surface area (Å²) in [5.74, 6) is 0. The highest BCUT2D eigenvalue weighted by atomic mass is 16.3. The number of hydrogen-bond acceptors (Lipinski definition) is 1. The van der Waals surface area contributed by atoms with Gasteiger partial charge in [0.2, 0.25) is 0 Å². The van der Waals surface area contributed by atoms with Crippen molar-refractivity contribution in [1.82, 2.24) is 0 Å². The zero-order valence-electron chi connectivity index (χ0n) is 9.94. The Balaban J connectivity index is 5.07. The molecule has 0 amide bonds. The summed E-state index contributed by atoms with van der Waals surface area (Å²) in [6.07, 6.45) is 2.44. The molecule has 13 heavy (non-hydrogen) atoms. The van der Waals surface area contributed by atoms with Gasteiger partial charge in [0, 0.05) is 0 Å². The first kappa shape index (κ1) is 12.7. The van der Waals surface area contributed by atoms with Crippen LogP contribution >= 0.6 is 0 Å². The molecule has 1 nitrogen and oxygen atoms in total. The maximum Gasteiger partial charge on any atom is 0.0777 e. The van der Waals surface area contributed by atoms with Gasteiger partial charge in [0.1, 0.15) is 0 Å². The second-order valence-electron chi connectivity index (χ2n) is 5.85. The predicted molar refractivity (Wildman–Crippen MR) is 58.7 cm³/mol. The normalized spacial score (nSPS) is 14.4. The van der Waals surface area contributed by atoms with E-state index < -0.39 is 5.60 Å². The van der Waals surface area contributed by atoms with E-state index in [0.717, 1.165) is 0 Å². The van der Waals surface area contributed by atoms with E-state index in [4.69, 9.17) is 0 Å². The molecule has 0 aromatic rings. The van der Waals surface area contributed by atoms with Crippen LogP contribution in [0.15, 0.2) is 12.7 Å². The average Bonchev–Trinajstić information content (AvgIpc) is 1.82. The molecule has 78 valence electrons. The van der Waals surface area contributed by atoms with Crippen LogP contribution in [0.25, 0.3) is 0 Å². The topological polar surface area (TPSA) is 20.2 Å². The van der Waals surface area contributed by atoms with Crippen molar-refractivity contribution in [3.8, 4) is 0 Å². The summed E-state index contributed by atoms with van der Waals surface area (Å²) in [6.45, 7) is 16.1. The Morgan fingerprint density at radius 1 is 1.00 bits per heavy atom. The van der Waals surface area contributed by atoms with Gasteiger partial charge in [-0.3, -0.25) is 0 Å². The highest BCUT2D eigenvalue weighted by molar-refractivity contribution is 5.02. The van der Waals surface area contributed by atoms with Crippen LogP contribution in [0.1, 0.15) is 48.0 Å². The van der Waals surface area contributed by atoms with Gasteiger partial charge in [-0.25, -0.2) is 0 Å². The lowest BCUT2D eigenvalue weighted by Gasteiger charge is -2.49. The van der Waals surface area contributed by atoms with Gasteiger partial charge in [0.25, 0.3) is 0 Å². The van der Waals surface area contributed by atoms with Crippen LogP contribution in [0.2, 0.25) is 0 Å². The van der Waals surface area contributed by atoms with E-state index >= 15 is 0 Å². The Kier molecular flexibility index (Phi) is 3.37. The summed E-state index contributed by atoms with van der Waals surface area (Å²) < 4.78 is 0. The van der Waals surface area contributed by atoms with Gasteiger partial charge >= 0.3 is 0 Å². The first-order valence-electron chi connectivity index (χ1n) is 4.89. The van der Waals surface area contributed by atoms with Crippen molar-refractivity contribution < 1.29 is 5.11 Å². The molecular weight excluding hydrogens is 160 g/mol. The smallest absolute Gasteiger partial charge is 0.0777 e. The molecule has 0 heterocycles. The Bertz CT molecular complexity index is 164.